The zero-order valence-corrected chi connectivity index (χ0v) is 9.36. The summed E-state index contributed by atoms with van der Waals surface area (Å²) in [5.41, 5.74) is 1.53. The number of hydrogen-bond acceptors (Lipinski definition) is 4. The Labute approximate surface area is 95.3 Å². The third-order valence-corrected chi connectivity index (χ3v) is 2.72. The summed E-state index contributed by atoms with van der Waals surface area (Å²) < 4.78 is 5.29. The molecule has 1 aromatic rings. The van der Waals surface area contributed by atoms with Crippen LogP contribution in [0.3, 0.4) is 0 Å². The molecule has 0 radical (unpaired) electrons. The van der Waals surface area contributed by atoms with Gasteiger partial charge in [-0.2, -0.15) is 5.26 Å². The molecule has 16 heavy (non-hydrogen) atoms. The standard InChI is InChI=1S/C12H15N3O/c1-9-2-3-10(8-13)12(14-9)15-11-4-6-16-7-5-11/h2-3,11H,4-7H2,1H3,(H,14,15). The first-order chi connectivity index (χ1) is 7.79. The largest absolute Gasteiger partial charge is 0.381 e. The zero-order chi connectivity index (χ0) is 11.4. The number of pyridine rings is 1. The molecule has 0 aromatic carbocycles. The molecular weight excluding hydrogens is 202 g/mol. The molecule has 2 heterocycles. The highest BCUT2D eigenvalue weighted by Crippen LogP contribution is 2.17. The molecule has 0 saturated carbocycles. The number of anilines is 1. The van der Waals surface area contributed by atoms with Gasteiger partial charge >= 0.3 is 0 Å². The average Bonchev–Trinajstić information content (AvgIpc) is 2.31. The molecule has 2 rings (SSSR count). The second-order valence-corrected chi connectivity index (χ2v) is 3.99. The predicted molar refractivity (Wildman–Crippen MR) is 61.2 cm³/mol. The number of hydrogen-bond donors (Lipinski definition) is 1. The van der Waals surface area contributed by atoms with Crippen molar-refractivity contribution >= 4 is 5.82 Å². The minimum atomic E-state index is 0.371. The van der Waals surface area contributed by atoms with Gasteiger partial charge in [-0.05, 0) is 31.9 Å². The Kier molecular flexibility index (Phi) is 3.37. The van der Waals surface area contributed by atoms with Crippen LogP contribution >= 0.6 is 0 Å². The van der Waals surface area contributed by atoms with E-state index in [1.54, 1.807) is 0 Å². The van der Waals surface area contributed by atoms with Crippen LogP contribution in [0.5, 0.6) is 0 Å². The third-order valence-electron chi connectivity index (χ3n) is 2.72. The van der Waals surface area contributed by atoms with Crippen molar-refractivity contribution in [1.29, 1.82) is 5.26 Å². The molecule has 1 fully saturated rings. The Morgan fingerprint density at radius 2 is 2.19 bits per heavy atom. The maximum atomic E-state index is 8.98. The summed E-state index contributed by atoms with van der Waals surface area (Å²) in [6.07, 6.45) is 1.95. The van der Waals surface area contributed by atoms with Gasteiger partial charge in [0.05, 0.1) is 5.56 Å². The lowest BCUT2D eigenvalue weighted by atomic mass is 10.1. The molecule has 1 aromatic heterocycles. The van der Waals surface area contributed by atoms with Gasteiger partial charge in [0, 0.05) is 24.9 Å². The van der Waals surface area contributed by atoms with Crippen molar-refractivity contribution in [3.8, 4) is 6.07 Å². The molecule has 0 spiro atoms. The van der Waals surface area contributed by atoms with Gasteiger partial charge < -0.3 is 10.1 Å². The van der Waals surface area contributed by atoms with Crippen LogP contribution in [-0.4, -0.2) is 24.2 Å². The molecule has 1 aliphatic heterocycles. The van der Waals surface area contributed by atoms with Gasteiger partial charge in [-0.1, -0.05) is 0 Å². The van der Waals surface area contributed by atoms with Crippen molar-refractivity contribution in [3.63, 3.8) is 0 Å². The third kappa shape index (κ3) is 2.50. The fourth-order valence-electron chi connectivity index (χ4n) is 1.79. The summed E-state index contributed by atoms with van der Waals surface area (Å²) in [4.78, 5) is 4.36. The van der Waals surface area contributed by atoms with E-state index >= 15 is 0 Å². The summed E-state index contributed by atoms with van der Waals surface area (Å²) in [6, 6.07) is 6.19. The van der Waals surface area contributed by atoms with Crippen LogP contribution in [0.15, 0.2) is 12.1 Å². The van der Waals surface area contributed by atoms with Crippen LogP contribution in [0.4, 0.5) is 5.82 Å². The Hall–Kier alpha value is -1.60. The molecular formula is C12H15N3O. The molecule has 0 unspecified atom stereocenters. The highest BCUT2D eigenvalue weighted by molar-refractivity contribution is 5.52. The smallest absolute Gasteiger partial charge is 0.144 e. The molecule has 1 saturated heterocycles. The van der Waals surface area contributed by atoms with Gasteiger partial charge in [0.1, 0.15) is 11.9 Å². The highest BCUT2D eigenvalue weighted by atomic mass is 16.5. The summed E-state index contributed by atoms with van der Waals surface area (Å²) in [5.74, 6) is 0.703. The molecule has 0 bridgehead atoms. The Balaban J connectivity index is 2.13. The van der Waals surface area contributed by atoms with E-state index in [1.807, 2.05) is 19.1 Å². The van der Waals surface area contributed by atoms with Crippen molar-refractivity contribution in [1.82, 2.24) is 4.98 Å². The van der Waals surface area contributed by atoms with E-state index in [4.69, 9.17) is 10.00 Å². The number of aryl methyl sites for hydroxylation is 1. The fourth-order valence-corrected chi connectivity index (χ4v) is 1.79. The van der Waals surface area contributed by atoms with Crippen LogP contribution in [-0.2, 0) is 4.74 Å². The van der Waals surface area contributed by atoms with Crippen molar-refractivity contribution in [2.24, 2.45) is 0 Å². The van der Waals surface area contributed by atoms with Crippen LogP contribution in [0.2, 0.25) is 0 Å². The molecule has 84 valence electrons. The van der Waals surface area contributed by atoms with Crippen LogP contribution in [0, 0.1) is 18.3 Å². The topological polar surface area (TPSA) is 57.9 Å². The molecule has 0 amide bonds. The molecule has 4 nitrogen and oxygen atoms in total. The number of nitrogens with zero attached hydrogens (tertiary/aromatic N) is 2. The normalized spacial score (nSPS) is 16.8. The quantitative estimate of drug-likeness (QED) is 0.821. The van der Waals surface area contributed by atoms with E-state index in [0.717, 1.165) is 31.7 Å². The Morgan fingerprint density at radius 3 is 2.88 bits per heavy atom. The zero-order valence-electron chi connectivity index (χ0n) is 9.36. The second kappa shape index (κ2) is 4.95. The molecule has 4 heteroatoms. The van der Waals surface area contributed by atoms with Crippen LogP contribution in [0.1, 0.15) is 24.1 Å². The SMILES string of the molecule is Cc1ccc(C#N)c(NC2CCOCC2)n1. The second-order valence-electron chi connectivity index (χ2n) is 3.99. The van der Waals surface area contributed by atoms with E-state index in [-0.39, 0.29) is 0 Å². The lowest BCUT2D eigenvalue weighted by molar-refractivity contribution is 0.0904. The summed E-state index contributed by atoms with van der Waals surface area (Å²) in [7, 11) is 0. The van der Waals surface area contributed by atoms with E-state index in [9.17, 15) is 0 Å². The van der Waals surface area contributed by atoms with E-state index in [0.29, 0.717) is 17.4 Å². The highest BCUT2D eigenvalue weighted by Gasteiger charge is 2.15. The predicted octanol–water partition coefficient (Wildman–Crippen LogP) is 1.85. The first-order valence-electron chi connectivity index (χ1n) is 5.51. The van der Waals surface area contributed by atoms with Gasteiger partial charge in [0.2, 0.25) is 0 Å². The van der Waals surface area contributed by atoms with E-state index in [2.05, 4.69) is 16.4 Å². The Bertz CT molecular complexity index is 405. The molecule has 1 N–H and O–H groups in total. The minimum absolute atomic E-state index is 0.371. The average molecular weight is 217 g/mol. The molecule has 0 atom stereocenters. The number of aromatic nitrogens is 1. The van der Waals surface area contributed by atoms with Gasteiger partial charge in [-0.15, -0.1) is 0 Å². The molecule has 0 aliphatic carbocycles. The minimum Gasteiger partial charge on any atom is -0.381 e. The van der Waals surface area contributed by atoms with Crippen molar-refractivity contribution in [2.75, 3.05) is 18.5 Å². The van der Waals surface area contributed by atoms with Gasteiger partial charge in [0.25, 0.3) is 0 Å². The summed E-state index contributed by atoms with van der Waals surface area (Å²) in [6.45, 7) is 3.49. The number of nitriles is 1. The number of nitrogens with one attached hydrogen (secondary N) is 1. The van der Waals surface area contributed by atoms with Crippen LogP contribution in [0.25, 0.3) is 0 Å². The van der Waals surface area contributed by atoms with E-state index < -0.39 is 0 Å². The van der Waals surface area contributed by atoms with Gasteiger partial charge in [0.15, 0.2) is 0 Å². The summed E-state index contributed by atoms with van der Waals surface area (Å²) >= 11 is 0. The monoisotopic (exact) mass is 217 g/mol. The summed E-state index contributed by atoms with van der Waals surface area (Å²) in [5, 5.41) is 12.3. The van der Waals surface area contributed by atoms with Crippen LogP contribution < -0.4 is 5.32 Å². The lowest BCUT2D eigenvalue weighted by Crippen LogP contribution is -2.28. The number of rotatable bonds is 2. The van der Waals surface area contributed by atoms with Crippen molar-refractivity contribution in [3.05, 3.63) is 23.4 Å². The van der Waals surface area contributed by atoms with Crippen molar-refractivity contribution < 1.29 is 4.74 Å². The molecule has 1 aliphatic rings. The first kappa shape index (κ1) is 10.9. The number of ether oxygens (including phenoxy) is 1. The Morgan fingerprint density at radius 1 is 1.44 bits per heavy atom. The van der Waals surface area contributed by atoms with Gasteiger partial charge in [-0.25, -0.2) is 4.98 Å². The first-order valence-corrected chi connectivity index (χ1v) is 5.51. The fraction of sp³-hybridized carbons (Fsp3) is 0.500. The maximum Gasteiger partial charge on any atom is 0.144 e. The lowest BCUT2D eigenvalue weighted by Gasteiger charge is -2.24. The van der Waals surface area contributed by atoms with Gasteiger partial charge in [-0.3, -0.25) is 0 Å². The van der Waals surface area contributed by atoms with E-state index in [1.165, 1.54) is 0 Å². The van der Waals surface area contributed by atoms with Crippen molar-refractivity contribution in [2.45, 2.75) is 25.8 Å². The maximum absolute atomic E-state index is 8.98.